The van der Waals surface area contributed by atoms with Gasteiger partial charge in [-0.05, 0) is 23.4 Å². The lowest BCUT2D eigenvalue weighted by molar-refractivity contribution is 0.729. The van der Waals surface area contributed by atoms with E-state index in [9.17, 15) is 0 Å². The van der Waals surface area contributed by atoms with Gasteiger partial charge in [0.15, 0.2) is 0 Å². The van der Waals surface area contributed by atoms with Crippen LogP contribution in [0.5, 0.6) is 0 Å². The second-order valence-electron chi connectivity index (χ2n) is 4.21. The number of hydrogen-bond donors (Lipinski definition) is 2. The molecule has 18 heavy (non-hydrogen) atoms. The van der Waals surface area contributed by atoms with Gasteiger partial charge >= 0.3 is 0 Å². The fourth-order valence-electron chi connectivity index (χ4n) is 2.07. The number of nitrogens with two attached hydrogens (primary N) is 1. The lowest BCUT2D eigenvalue weighted by Crippen LogP contribution is -2.30. The molecule has 2 aromatic rings. The number of amidine groups is 1. The minimum atomic E-state index is -0.0483. The van der Waals surface area contributed by atoms with E-state index in [1.165, 1.54) is 10.4 Å². The van der Waals surface area contributed by atoms with Crippen molar-refractivity contribution in [2.45, 2.75) is 13.0 Å². The minimum Gasteiger partial charge on any atom is -0.382 e. The Bertz CT molecular complexity index is 574. The predicted molar refractivity (Wildman–Crippen MR) is 72.1 cm³/mol. The summed E-state index contributed by atoms with van der Waals surface area (Å²) in [6, 6.07) is 2.17. The predicted octanol–water partition coefficient (Wildman–Crippen LogP) is 1.38. The van der Waals surface area contributed by atoms with Crippen LogP contribution in [-0.2, 0) is 13.0 Å². The third kappa shape index (κ3) is 1.95. The second kappa shape index (κ2) is 4.38. The van der Waals surface area contributed by atoms with Gasteiger partial charge in [-0.3, -0.25) is 5.41 Å². The molecule has 0 saturated heterocycles. The molecule has 0 aromatic carbocycles. The van der Waals surface area contributed by atoms with Gasteiger partial charge in [-0.15, -0.1) is 11.3 Å². The monoisotopic (exact) mass is 259 g/mol. The third-order valence-corrected chi connectivity index (χ3v) is 4.07. The summed E-state index contributed by atoms with van der Waals surface area (Å²) >= 11 is 1.82. The van der Waals surface area contributed by atoms with Crippen molar-refractivity contribution in [2.75, 3.05) is 11.4 Å². The van der Waals surface area contributed by atoms with E-state index in [-0.39, 0.29) is 5.84 Å². The molecule has 6 heteroatoms. The molecular formula is C12H13N5S. The molecule has 0 bridgehead atoms. The first-order valence-electron chi connectivity index (χ1n) is 5.70. The fraction of sp³-hybridized carbons (Fsp3) is 0.250. The summed E-state index contributed by atoms with van der Waals surface area (Å²) in [5.74, 6) is 0.796. The molecule has 0 saturated carbocycles. The molecule has 0 unspecified atom stereocenters. The summed E-state index contributed by atoms with van der Waals surface area (Å²) in [6.45, 7) is 1.84. The number of nitrogen functional groups attached to an aromatic ring is 1. The zero-order chi connectivity index (χ0) is 12.5. The molecule has 0 fully saturated rings. The molecule has 1 aliphatic rings. The van der Waals surface area contributed by atoms with Crippen LogP contribution in [0.25, 0.3) is 0 Å². The maximum Gasteiger partial charge on any atom is 0.147 e. The molecule has 3 N–H and O–H groups in total. The number of thiophene rings is 1. The number of aromatic nitrogens is 2. The van der Waals surface area contributed by atoms with E-state index in [2.05, 4.69) is 26.3 Å². The van der Waals surface area contributed by atoms with Crippen molar-refractivity contribution < 1.29 is 0 Å². The maximum atomic E-state index is 7.29. The summed E-state index contributed by atoms with van der Waals surface area (Å²) in [7, 11) is 0. The summed E-state index contributed by atoms with van der Waals surface area (Å²) in [6.07, 6.45) is 4.30. The average Bonchev–Trinajstić information content (AvgIpc) is 2.86. The molecule has 3 rings (SSSR count). The molecule has 0 aliphatic carbocycles. The van der Waals surface area contributed by atoms with Crippen LogP contribution >= 0.6 is 11.3 Å². The van der Waals surface area contributed by atoms with Crippen LogP contribution in [0.15, 0.2) is 23.8 Å². The van der Waals surface area contributed by atoms with Crippen LogP contribution in [0.2, 0.25) is 0 Å². The smallest absolute Gasteiger partial charge is 0.147 e. The van der Waals surface area contributed by atoms with E-state index in [0.717, 1.165) is 25.3 Å². The molecule has 3 heterocycles. The minimum absolute atomic E-state index is 0.0483. The Morgan fingerprint density at radius 2 is 2.28 bits per heavy atom. The van der Waals surface area contributed by atoms with Crippen molar-refractivity contribution in [3.05, 3.63) is 40.0 Å². The average molecular weight is 259 g/mol. The lowest BCUT2D eigenvalue weighted by Gasteiger charge is -2.27. The van der Waals surface area contributed by atoms with Crippen LogP contribution < -0.4 is 10.6 Å². The SMILES string of the molecule is N=C(N)c1cnc(N2CCc3sccc3C2)cn1. The Labute approximate surface area is 109 Å². The van der Waals surface area contributed by atoms with Crippen molar-refractivity contribution in [1.82, 2.24) is 9.97 Å². The Morgan fingerprint density at radius 3 is 3.00 bits per heavy atom. The van der Waals surface area contributed by atoms with E-state index in [1.807, 2.05) is 11.3 Å². The first-order chi connectivity index (χ1) is 8.74. The number of fused-ring (bicyclic) bond motifs is 1. The van der Waals surface area contributed by atoms with E-state index in [4.69, 9.17) is 11.1 Å². The first-order valence-corrected chi connectivity index (χ1v) is 6.58. The Hall–Kier alpha value is -1.95. The van der Waals surface area contributed by atoms with Gasteiger partial charge in [-0.1, -0.05) is 0 Å². The number of nitrogens with one attached hydrogen (secondary N) is 1. The normalized spacial score (nSPS) is 14.3. The second-order valence-corrected chi connectivity index (χ2v) is 5.21. The number of hydrogen-bond acceptors (Lipinski definition) is 5. The Balaban J connectivity index is 1.82. The van der Waals surface area contributed by atoms with Gasteiger partial charge in [0.05, 0.1) is 12.4 Å². The summed E-state index contributed by atoms with van der Waals surface area (Å²) < 4.78 is 0. The third-order valence-electron chi connectivity index (χ3n) is 3.05. The molecule has 1 aliphatic heterocycles. The Morgan fingerprint density at radius 1 is 1.39 bits per heavy atom. The van der Waals surface area contributed by atoms with E-state index >= 15 is 0 Å². The fourth-order valence-corrected chi connectivity index (χ4v) is 2.96. The van der Waals surface area contributed by atoms with Crippen molar-refractivity contribution in [2.24, 2.45) is 5.73 Å². The molecule has 2 aromatic heterocycles. The van der Waals surface area contributed by atoms with Crippen LogP contribution in [-0.4, -0.2) is 22.3 Å². The van der Waals surface area contributed by atoms with E-state index in [0.29, 0.717) is 5.69 Å². The molecular weight excluding hydrogens is 246 g/mol. The molecule has 0 amide bonds. The van der Waals surface area contributed by atoms with Crippen LogP contribution in [0.4, 0.5) is 5.82 Å². The van der Waals surface area contributed by atoms with Crippen LogP contribution in [0.3, 0.4) is 0 Å². The van der Waals surface area contributed by atoms with Crippen molar-refractivity contribution in [1.29, 1.82) is 5.41 Å². The maximum absolute atomic E-state index is 7.29. The molecule has 5 nitrogen and oxygen atoms in total. The molecule has 92 valence electrons. The zero-order valence-electron chi connectivity index (χ0n) is 9.76. The number of anilines is 1. The number of nitrogens with zero attached hydrogens (tertiary/aromatic N) is 3. The first kappa shape index (κ1) is 11.2. The van der Waals surface area contributed by atoms with E-state index in [1.54, 1.807) is 12.4 Å². The number of rotatable bonds is 2. The Kier molecular flexibility index (Phi) is 2.71. The van der Waals surface area contributed by atoms with Crippen molar-refractivity contribution >= 4 is 23.0 Å². The zero-order valence-corrected chi connectivity index (χ0v) is 10.6. The summed E-state index contributed by atoms with van der Waals surface area (Å²) in [5.41, 5.74) is 7.16. The summed E-state index contributed by atoms with van der Waals surface area (Å²) in [4.78, 5) is 12.1. The van der Waals surface area contributed by atoms with Crippen LogP contribution in [0.1, 0.15) is 16.1 Å². The van der Waals surface area contributed by atoms with Gasteiger partial charge in [0, 0.05) is 18.0 Å². The molecule has 0 atom stereocenters. The molecule has 0 radical (unpaired) electrons. The highest BCUT2D eigenvalue weighted by atomic mass is 32.1. The standard InChI is InChI=1S/C12H13N5S/c13-12(14)9-5-16-11(6-15-9)17-3-1-10-8(7-17)2-4-18-10/h2,4-6H,1,3,7H2,(H3,13,14). The summed E-state index contributed by atoms with van der Waals surface area (Å²) in [5, 5.41) is 9.43. The van der Waals surface area contributed by atoms with Gasteiger partial charge in [-0.2, -0.15) is 0 Å². The van der Waals surface area contributed by atoms with Gasteiger partial charge < -0.3 is 10.6 Å². The van der Waals surface area contributed by atoms with Gasteiger partial charge in [0.1, 0.15) is 17.3 Å². The van der Waals surface area contributed by atoms with Gasteiger partial charge in [-0.25, -0.2) is 9.97 Å². The highest BCUT2D eigenvalue weighted by Crippen LogP contribution is 2.26. The quantitative estimate of drug-likeness (QED) is 0.631. The largest absolute Gasteiger partial charge is 0.382 e. The molecule has 0 spiro atoms. The van der Waals surface area contributed by atoms with Crippen LogP contribution in [0, 0.1) is 5.41 Å². The van der Waals surface area contributed by atoms with E-state index < -0.39 is 0 Å². The van der Waals surface area contributed by atoms with Crippen molar-refractivity contribution in [3.63, 3.8) is 0 Å². The van der Waals surface area contributed by atoms with Gasteiger partial charge in [0.2, 0.25) is 0 Å². The topological polar surface area (TPSA) is 78.9 Å². The lowest BCUT2D eigenvalue weighted by atomic mass is 10.1. The van der Waals surface area contributed by atoms with Crippen molar-refractivity contribution in [3.8, 4) is 0 Å². The highest BCUT2D eigenvalue weighted by Gasteiger charge is 2.18. The van der Waals surface area contributed by atoms with Gasteiger partial charge in [0.25, 0.3) is 0 Å². The highest BCUT2D eigenvalue weighted by molar-refractivity contribution is 7.10.